The number of aromatic hydroxyl groups is 1. The molecule has 0 spiro atoms. The van der Waals surface area contributed by atoms with E-state index >= 15 is 0 Å². The number of phenolic OH excluding ortho intramolecular Hbond substituents is 1. The minimum Gasteiger partial charge on any atom is -0.508 e. The van der Waals surface area contributed by atoms with Gasteiger partial charge in [0.25, 0.3) is 0 Å². The Morgan fingerprint density at radius 3 is 2.92 bits per heavy atom. The van der Waals surface area contributed by atoms with Crippen LogP contribution in [0.25, 0.3) is 0 Å². The molecular weight excluding hydrogens is 161 g/mol. The summed E-state index contributed by atoms with van der Waals surface area (Å²) in [6.07, 6.45) is 1.30. The number of carbonyl (C=O) groups excluding carboxylic acids is 1. The van der Waals surface area contributed by atoms with E-state index in [4.69, 9.17) is 5.11 Å². The molecule has 1 aromatic carbocycles. The Morgan fingerprint density at radius 2 is 2.33 bits per heavy atom. The lowest BCUT2D eigenvalue weighted by atomic mass is 10.2. The predicted octanol–water partition coefficient (Wildman–Crippen LogP) is 1.37. The number of isocyanates is 1. The first-order valence-corrected chi connectivity index (χ1v) is 3.25. The lowest BCUT2D eigenvalue weighted by Gasteiger charge is -1.97. The average Bonchev–Trinajstić information content (AvgIpc) is 2.03. The highest BCUT2D eigenvalue weighted by molar-refractivity contribution is 5.34. The highest BCUT2D eigenvalue weighted by Crippen LogP contribution is 2.15. The van der Waals surface area contributed by atoms with E-state index in [1.54, 1.807) is 0 Å². The minimum absolute atomic E-state index is 0.0460. The summed E-state index contributed by atoms with van der Waals surface area (Å²) in [5.74, 6) is -0.722. The molecule has 0 saturated heterocycles. The monoisotopic (exact) mass is 167 g/mol. The van der Waals surface area contributed by atoms with Gasteiger partial charge < -0.3 is 5.11 Å². The molecule has 0 unspecified atom stereocenters. The molecule has 0 bridgehead atoms. The Morgan fingerprint density at radius 1 is 1.58 bits per heavy atom. The van der Waals surface area contributed by atoms with Crippen LogP contribution in [-0.2, 0) is 11.3 Å². The van der Waals surface area contributed by atoms with Gasteiger partial charge in [0.2, 0.25) is 6.08 Å². The van der Waals surface area contributed by atoms with Gasteiger partial charge in [0.15, 0.2) is 0 Å². The van der Waals surface area contributed by atoms with Crippen molar-refractivity contribution in [2.75, 3.05) is 0 Å². The molecule has 4 heteroatoms. The summed E-state index contributed by atoms with van der Waals surface area (Å²) in [4.78, 5) is 12.9. The van der Waals surface area contributed by atoms with Crippen molar-refractivity contribution in [1.82, 2.24) is 0 Å². The van der Waals surface area contributed by atoms with Gasteiger partial charge in [-0.15, -0.1) is 0 Å². The molecule has 0 radical (unpaired) electrons. The standard InChI is InChI=1S/C8H6FNO2/c9-8-3-7(12)2-1-6(8)4-10-5-11/h1-3,12H,4H2. The molecule has 1 aromatic rings. The Bertz CT molecular complexity index is 332. The molecule has 12 heavy (non-hydrogen) atoms. The van der Waals surface area contributed by atoms with Crippen molar-refractivity contribution in [2.45, 2.75) is 6.54 Å². The zero-order valence-electron chi connectivity index (χ0n) is 6.12. The van der Waals surface area contributed by atoms with Gasteiger partial charge in [-0.25, -0.2) is 14.2 Å². The second-order valence-electron chi connectivity index (χ2n) is 2.18. The van der Waals surface area contributed by atoms with Gasteiger partial charge in [-0.2, -0.15) is 0 Å². The van der Waals surface area contributed by atoms with Crippen molar-refractivity contribution in [3.63, 3.8) is 0 Å². The third-order valence-electron chi connectivity index (χ3n) is 1.35. The molecule has 1 rings (SSSR count). The van der Waals surface area contributed by atoms with Gasteiger partial charge in [-0.3, -0.25) is 0 Å². The van der Waals surface area contributed by atoms with E-state index in [1.807, 2.05) is 0 Å². The smallest absolute Gasteiger partial charge is 0.235 e. The maximum Gasteiger partial charge on any atom is 0.235 e. The van der Waals surface area contributed by atoms with E-state index in [9.17, 15) is 9.18 Å². The van der Waals surface area contributed by atoms with Crippen molar-refractivity contribution in [2.24, 2.45) is 4.99 Å². The van der Waals surface area contributed by atoms with Crippen LogP contribution in [0.1, 0.15) is 5.56 Å². The number of hydrogen-bond acceptors (Lipinski definition) is 3. The number of aliphatic imine (C=N–C) groups is 1. The number of hydrogen-bond donors (Lipinski definition) is 1. The van der Waals surface area contributed by atoms with E-state index in [2.05, 4.69) is 4.99 Å². The van der Waals surface area contributed by atoms with Gasteiger partial charge in [0.1, 0.15) is 11.6 Å². The lowest BCUT2D eigenvalue weighted by molar-refractivity contribution is 0.468. The number of nitrogens with zero attached hydrogens (tertiary/aromatic N) is 1. The number of rotatable bonds is 2. The van der Waals surface area contributed by atoms with Crippen molar-refractivity contribution >= 4 is 6.08 Å². The predicted molar refractivity (Wildman–Crippen MR) is 39.9 cm³/mol. The Kier molecular flexibility index (Phi) is 2.56. The molecule has 0 saturated carbocycles. The van der Waals surface area contributed by atoms with Crippen LogP contribution in [0.2, 0.25) is 0 Å². The largest absolute Gasteiger partial charge is 0.508 e. The molecule has 1 N–H and O–H groups in total. The number of benzene rings is 1. The first kappa shape index (κ1) is 8.43. The van der Waals surface area contributed by atoms with Gasteiger partial charge in [-0.1, -0.05) is 6.07 Å². The molecule has 0 aromatic heterocycles. The van der Waals surface area contributed by atoms with Crippen LogP contribution in [-0.4, -0.2) is 11.2 Å². The third kappa shape index (κ3) is 1.90. The Labute approximate surface area is 68.2 Å². The van der Waals surface area contributed by atoms with Crippen LogP contribution in [0.5, 0.6) is 5.75 Å². The summed E-state index contributed by atoms with van der Waals surface area (Å²) in [5, 5.41) is 8.81. The van der Waals surface area contributed by atoms with Crippen LogP contribution in [0.4, 0.5) is 4.39 Å². The summed E-state index contributed by atoms with van der Waals surface area (Å²) in [5.41, 5.74) is 0.260. The maximum atomic E-state index is 12.8. The second kappa shape index (κ2) is 3.64. The van der Waals surface area contributed by atoms with Crippen molar-refractivity contribution in [3.05, 3.63) is 29.6 Å². The van der Waals surface area contributed by atoms with Gasteiger partial charge >= 0.3 is 0 Å². The summed E-state index contributed by atoms with van der Waals surface area (Å²) in [6, 6.07) is 3.67. The maximum absolute atomic E-state index is 12.8. The molecule has 0 fully saturated rings. The second-order valence-corrected chi connectivity index (χ2v) is 2.18. The minimum atomic E-state index is -0.575. The Hall–Kier alpha value is -1.67. The fourth-order valence-corrected chi connectivity index (χ4v) is 0.782. The topological polar surface area (TPSA) is 49.7 Å². The van der Waals surface area contributed by atoms with E-state index in [0.717, 1.165) is 6.07 Å². The molecule has 0 atom stereocenters. The van der Waals surface area contributed by atoms with Crippen LogP contribution in [0.15, 0.2) is 23.2 Å². The van der Waals surface area contributed by atoms with E-state index in [1.165, 1.54) is 18.2 Å². The first-order chi connectivity index (χ1) is 5.74. The van der Waals surface area contributed by atoms with Gasteiger partial charge in [0, 0.05) is 11.6 Å². The zero-order chi connectivity index (χ0) is 8.97. The lowest BCUT2D eigenvalue weighted by Crippen LogP contribution is -1.86. The molecular formula is C8H6FNO2. The Balaban J connectivity index is 2.93. The third-order valence-corrected chi connectivity index (χ3v) is 1.35. The zero-order valence-corrected chi connectivity index (χ0v) is 6.12. The highest BCUT2D eigenvalue weighted by atomic mass is 19.1. The summed E-state index contributed by atoms with van der Waals surface area (Å²) < 4.78 is 12.8. The number of phenols is 1. The molecule has 0 amide bonds. The van der Waals surface area contributed by atoms with Crippen LogP contribution < -0.4 is 0 Å². The van der Waals surface area contributed by atoms with Crippen LogP contribution in [0.3, 0.4) is 0 Å². The highest BCUT2D eigenvalue weighted by Gasteiger charge is 2.01. The SMILES string of the molecule is O=C=NCc1ccc(O)cc1F. The van der Waals surface area contributed by atoms with E-state index in [0.29, 0.717) is 0 Å². The molecule has 0 aliphatic rings. The molecule has 3 nitrogen and oxygen atoms in total. The van der Waals surface area contributed by atoms with Gasteiger partial charge in [-0.05, 0) is 6.07 Å². The van der Waals surface area contributed by atoms with Crippen molar-refractivity contribution in [3.8, 4) is 5.75 Å². The summed E-state index contributed by atoms with van der Waals surface area (Å²) in [6.45, 7) is -0.0460. The summed E-state index contributed by atoms with van der Waals surface area (Å²) in [7, 11) is 0. The first-order valence-electron chi connectivity index (χ1n) is 3.25. The average molecular weight is 167 g/mol. The number of halogens is 1. The van der Waals surface area contributed by atoms with E-state index < -0.39 is 5.82 Å². The van der Waals surface area contributed by atoms with Crippen molar-refractivity contribution < 1.29 is 14.3 Å². The molecule has 62 valence electrons. The molecule has 0 aliphatic heterocycles. The summed E-state index contributed by atoms with van der Waals surface area (Å²) >= 11 is 0. The van der Waals surface area contributed by atoms with Crippen LogP contribution >= 0.6 is 0 Å². The van der Waals surface area contributed by atoms with E-state index in [-0.39, 0.29) is 17.9 Å². The quantitative estimate of drug-likeness (QED) is 0.534. The fourth-order valence-electron chi connectivity index (χ4n) is 0.782. The fraction of sp³-hybridized carbons (Fsp3) is 0.125. The molecule has 0 aliphatic carbocycles. The van der Waals surface area contributed by atoms with Crippen molar-refractivity contribution in [1.29, 1.82) is 0 Å². The van der Waals surface area contributed by atoms with Crippen LogP contribution in [0, 0.1) is 5.82 Å². The van der Waals surface area contributed by atoms with Gasteiger partial charge in [0.05, 0.1) is 6.54 Å². The normalized spacial score (nSPS) is 9.08. The molecule has 0 heterocycles.